The van der Waals surface area contributed by atoms with Gasteiger partial charge >= 0.3 is 18.1 Å². The zero-order chi connectivity index (χ0) is 27.1. The molecule has 0 saturated carbocycles. The van der Waals surface area contributed by atoms with Gasteiger partial charge in [-0.3, -0.25) is 19.4 Å². The molecule has 0 bridgehead atoms. The Morgan fingerprint density at radius 1 is 0.868 bits per heavy atom. The van der Waals surface area contributed by atoms with Crippen molar-refractivity contribution in [2.45, 2.75) is 25.3 Å². The van der Waals surface area contributed by atoms with Gasteiger partial charge in [0, 0.05) is 32.7 Å². The fourth-order valence-electron chi connectivity index (χ4n) is 5.28. The van der Waals surface area contributed by atoms with Gasteiger partial charge in [-0.2, -0.15) is 0 Å². The Balaban J connectivity index is 1.51. The molecule has 10 heteroatoms. The average Bonchev–Trinajstić information content (AvgIpc) is 3.14. The number of carboxylic acids is 1. The summed E-state index contributed by atoms with van der Waals surface area (Å²) in [7, 11) is 0. The Morgan fingerprint density at radius 2 is 1.42 bits per heavy atom. The monoisotopic (exact) mass is 522 g/mol. The third-order valence-electron chi connectivity index (χ3n) is 7.10. The van der Waals surface area contributed by atoms with E-state index in [1.165, 1.54) is 4.90 Å². The molecule has 10 nitrogen and oxygen atoms in total. The summed E-state index contributed by atoms with van der Waals surface area (Å²) in [4.78, 5) is 57.4. The van der Waals surface area contributed by atoms with E-state index in [1.54, 1.807) is 36.1 Å². The van der Waals surface area contributed by atoms with Gasteiger partial charge in [-0.25, -0.2) is 9.59 Å². The number of piperazine rings is 1. The van der Waals surface area contributed by atoms with Crippen LogP contribution in [0.5, 0.6) is 0 Å². The van der Waals surface area contributed by atoms with Crippen molar-refractivity contribution in [1.29, 1.82) is 0 Å². The number of unbranched alkanes of at least 4 members (excludes halogenated alkanes) is 1. The molecule has 2 aromatic rings. The minimum atomic E-state index is -1.44. The van der Waals surface area contributed by atoms with Crippen molar-refractivity contribution in [3.63, 3.8) is 0 Å². The third kappa shape index (κ3) is 5.35. The zero-order valence-electron chi connectivity index (χ0n) is 21.6. The summed E-state index contributed by atoms with van der Waals surface area (Å²) in [6, 6.07) is 17.5. The molecule has 0 radical (unpaired) electrons. The molecule has 2 aromatic carbocycles. The Bertz CT molecular complexity index is 1100. The van der Waals surface area contributed by atoms with E-state index in [2.05, 4.69) is 4.90 Å². The molecule has 0 aliphatic carbocycles. The number of amides is 4. The highest BCUT2D eigenvalue weighted by Crippen LogP contribution is 2.43. The van der Waals surface area contributed by atoms with Crippen LogP contribution in [0.3, 0.4) is 0 Å². The van der Waals surface area contributed by atoms with Crippen molar-refractivity contribution >= 4 is 24.0 Å². The van der Waals surface area contributed by atoms with Crippen LogP contribution in [0.15, 0.2) is 60.7 Å². The summed E-state index contributed by atoms with van der Waals surface area (Å²) in [6.07, 6.45) is 1.11. The van der Waals surface area contributed by atoms with Crippen molar-refractivity contribution < 1.29 is 29.0 Å². The average molecular weight is 523 g/mol. The maximum Gasteiger partial charge on any atom is 0.409 e. The van der Waals surface area contributed by atoms with E-state index in [4.69, 9.17) is 4.74 Å². The van der Waals surface area contributed by atoms with Crippen LogP contribution in [0.25, 0.3) is 0 Å². The standard InChI is InChI=1S/C28H34N4O6/c1-2-38-27(37)30-19-17-29(18-20-30)15-9-10-16-32-26(36)31(21-24(33)34)25(35)28(32,22-11-5-3-6-12-22)23-13-7-4-8-14-23/h3-8,11-14H,2,9-10,15-21H2,1H3,(H,33,34). The Labute approximate surface area is 222 Å². The lowest BCUT2D eigenvalue weighted by molar-refractivity contribution is -0.142. The first-order chi connectivity index (χ1) is 18.4. The molecule has 2 fully saturated rings. The van der Waals surface area contributed by atoms with Gasteiger partial charge in [-0.05, 0) is 37.4 Å². The Hall–Kier alpha value is -3.92. The molecule has 0 aromatic heterocycles. The van der Waals surface area contributed by atoms with Crippen LogP contribution in [0.4, 0.5) is 9.59 Å². The molecular weight excluding hydrogens is 488 g/mol. The van der Waals surface area contributed by atoms with E-state index in [0.717, 1.165) is 31.0 Å². The van der Waals surface area contributed by atoms with E-state index in [1.807, 2.05) is 36.4 Å². The molecule has 4 rings (SSSR count). The molecule has 0 spiro atoms. The normalized spacial score (nSPS) is 17.7. The molecule has 0 unspecified atom stereocenters. The summed E-state index contributed by atoms with van der Waals surface area (Å²) >= 11 is 0. The maximum atomic E-state index is 13.9. The van der Waals surface area contributed by atoms with Crippen LogP contribution in [0.2, 0.25) is 0 Å². The van der Waals surface area contributed by atoms with Gasteiger partial charge in [0.2, 0.25) is 0 Å². The molecule has 2 aliphatic rings. The van der Waals surface area contributed by atoms with E-state index in [9.17, 15) is 24.3 Å². The molecule has 1 N–H and O–H groups in total. The van der Waals surface area contributed by atoms with Gasteiger partial charge in [-0.15, -0.1) is 0 Å². The number of imide groups is 1. The number of nitrogens with zero attached hydrogens (tertiary/aromatic N) is 4. The topological polar surface area (TPSA) is 111 Å². The van der Waals surface area contributed by atoms with Crippen LogP contribution >= 0.6 is 0 Å². The smallest absolute Gasteiger partial charge is 0.409 e. The minimum Gasteiger partial charge on any atom is -0.480 e. The minimum absolute atomic E-state index is 0.284. The van der Waals surface area contributed by atoms with Crippen molar-refractivity contribution in [3.05, 3.63) is 71.8 Å². The molecule has 4 amide bonds. The molecule has 38 heavy (non-hydrogen) atoms. The molecular formula is C28H34N4O6. The van der Waals surface area contributed by atoms with Gasteiger partial charge in [0.1, 0.15) is 6.54 Å². The number of benzene rings is 2. The summed E-state index contributed by atoms with van der Waals surface area (Å²) < 4.78 is 5.08. The predicted octanol–water partition coefficient (Wildman–Crippen LogP) is 2.83. The van der Waals surface area contributed by atoms with E-state index in [0.29, 0.717) is 37.2 Å². The maximum absolute atomic E-state index is 13.9. The van der Waals surface area contributed by atoms with Crippen LogP contribution in [-0.2, 0) is 19.9 Å². The van der Waals surface area contributed by atoms with Crippen molar-refractivity contribution in [2.24, 2.45) is 0 Å². The van der Waals surface area contributed by atoms with E-state index in [-0.39, 0.29) is 12.6 Å². The summed E-state index contributed by atoms with van der Waals surface area (Å²) in [5, 5.41) is 9.45. The van der Waals surface area contributed by atoms with Crippen LogP contribution in [0, 0.1) is 0 Å². The SMILES string of the molecule is CCOC(=O)N1CCN(CCCCN2C(=O)N(CC(=O)O)C(=O)C2(c2ccccc2)c2ccccc2)CC1. The number of carbonyl (C=O) groups is 4. The number of urea groups is 1. The summed E-state index contributed by atoms with van der Waals surface area (Å²) in [6.45, 7) is 5.21. The number of carbonyl (C=O) groups excluding carboxylic acids is 3. The van der Waals surface area contributed by atoms with Crippen molar-refractivity contribution in [2.75, 3.05) is 52.4 Å². The fraction of sp³-hybridized carbons (Fsp3) is 0.429. The number of hydrogen-bond donors (Lipinski definition) is 1. The van der Waals surface area contributed by atoms with Gasteiger partial charge in [0.25, 0.3) is 5.91 Å². The third-order valence-corrected chi connectivity index (χ3v) is 7.10. The highest BCUT2D eigenvalue weighted by Gasteiger charge is 2.59. The second-order valence-corrected chi connectivity index (χ2v) is 9.40. The van der Waals surface area contributed by atoms with Gasteiger partial charge in [0.15, 0.2) is 5.54 Å². The van der Waals surface area contributed by atoms with Crippen molar-refractivity contribution in [3.8, 4) is 0 Å². The molecule has 2 aliphatic heterocycles. The summed E-state index contributed by atoms with van der Waals surface area (Å²) in [5.41, 5.74) is -0.208. The van der Waals surface area contributed by atoms with E-state index < -0.39 is 30.0 Å². The number of carboxylic acid groups (broad SMARTS) is 1. The largest absolute Gasteiger partial charge is 0.480 e. The highest BCUT2D eigenvalue weighted by atomic mass is 16.6. The van der Waals surface area contributed by atoms with Gasteiger partial charge in [0.05, 0.1) is 6.61 Å². The molecule has 2 heterocycles. The van der Waals surface area contributed by atoms with Crippen molar-refractivity contribution in [1.82, 2.24) is 19.6 Å². The lowest BCUT2D eigenvalue weighted by atomic mass is 9.81. The lowest BCUT2D eigenvalue weighted by Crippen LogP contribution is -2.49. The number of rotatable bonds is 10. The first-order valence-electron chi connectivity index (χ1n) is 13.0. The lowest BCUT2D eigenvalue weighted by Gasteiger charge is -2.37. The van der Waals surface area contributed by atoms with Crippen LogP contribution < -0.4 is 0 Å². The zero-order valence-corrected chi connectivity index (χ0v) is 21.6. The first-order valence-corrected chi connectivity index (χ1v) is 13.0. The number of hydrogen-bond acceptors (Lipinski definition) is 6. The molecule has 2 saturated heterocycles. The number of aliphatic carboxylic acids is 1. The van der Waals surface area contributed by atoms with Gasteiger partial charge in [-0.1, -0.05) is 60.7 Å². The van der Waals surface area contributed by atoms with E-state index >= 15 is 0 Å². The second-order valence-electron chi connectivity index (χ2n) is 9.40. The number of ether oxygens (including phenoxy) is 1. The van der Waals surface area contributed by atoms with Crippen LogP contribution in [-0.4, -0.2) is 101 Å². The quantitative estimate of drug-likeness (QED) is 0.377. The van der Waals surface area contributed by atoms with Gasteiger partial charge < -0.3 is 19.6 Å². The first kappa shape index (κ1) is 27.1. The van der Waals surface area contributed by atoms with Crippen LogP contribution in [0.1, 0.15) is 30.9 Å². The highest BCUT2D eigenvalue weighted by molar-refractivity contribution is 6.11. The Kier molecular flexibility index (Phi) is 8.62. The Morgan fingerprint density at radius 3 is 1.95 bits per heavy atom. The molecule has 0 atom stereocenters. The summed E-state index contributed by atoms with van der Waals surface area (Å²) in [5.74, 6) is -1.80. The second kappa shape index (κ2) is 12.1. The predicted molar refractivity (Wildman–Crippen MR) is 139 cm³/mol. The fourth-order valence-corrected chi connectivity index (χ4v) is 5.28. The molecule has 202 valence electrons.